The lowest BCUT2D eigenvalue weighted by Crippen LogP contribution is -1.84. The van der Waals surface area contributed by atoms with E-state index in [0.29, 0.717) is 0 Å². The Morgan fingerprint density at radius 2 is 1.69 bits per heavy atom. The number of hydrogen-bond acceptors (Lipinski definition) is 1. The zero-order valence-corrected chi connectivity index (χ0v) is 9.74. The van der Waals surface area contributed by atoms with Crippen LogP contribution in [-0.2, 0) is 0 Å². The molecule has 0 atom stereocenters. The van der Waals surface area contributed by atoms with Crippen LogP contribution in [0.2, 0.25) is 0 Å². The molecule has 0 aliphatic heterocycles. The van der Waals surface area contributed by atoms with Crippen LogP contribution in [0, 0.1) is 0 Å². The van der Waals surface area contributed by atoms with E-state index in [4.69, 9.17) is 0 Å². The van der Waals surface area contributed by atoms with Crippen LogP contribution >= 0.6 is 11.8 Å². The lowest BCUT2D eigenvalue weighted by molar-refractivity contribution is 1.43. The topological polar surface area (TPSA) is 0 Å². The molecule has 0 saturated heterocycles. The van der Waals surface area contributed by atoms with Crippen molar-refractivity contribution in [2.24, 2.45) is 0 Å². The van der Waals surface area contributed by atoms with Gasteiger partial charge in [0.1, 0.15) is 0 Å². The highest BCUT2D eigenvalue weighted by atomic mass is 32.2. The first-order valence-corrected chi connectivity index (χ1v) is 5.59. The maximum Gasteiger partial charge on any atom is 0.0141 e. The summed E-state index contributed by atoms with van der Waals surface area (Å²) >= 11 is 1.75. The molecule has 72 valence electrons. The molecule has 0 unspecified atom stereocenters. The maximum absolute atomic E-state index is 3.97. The van der Waals surface area contributed by atoms with Crippen LogP contribution in [0.15, 0.2) is 46.9 Å². The molecule has 0 saturated carbocycles. The molecule has 0 radical (unpaired) electrons. The Hall–Kier alpha value is -0.690. The largest absolute Gasteiger partial charge is 0.129 e. The first-order chi connectivity index (χ1) is 6.17. The van der Waals surface area contributed by atoms with Crippen molar-refractivity contribution in [3.05, 3.63) is 46.9 Å². The second-order valence-electron chi connectivity index (χ2n) is 2.76. The fraction of sp³-hybridized carbons (Fsp3) is 0.333. The molecule has 0 aliphatic carbocycles. The SMILES string of the molecule is C=C(C)C(/C=C\C)=C(/C=C\C)SC. The van der Waals surface area contributed by atoms with E-state index in [9.17, 15) is 0 Å². The fourth-order valence-corrected chi connectivity index (χ4v) is 1.75. The average molecular weight is 194 g/mol. The van der Waals surface area contributed by atoms with Gasteiger partial charge in [-0.2, -0.15) is 0 Å². The summed E-state index contributed by atoms with van der Waals surface area (Å²) in [5.74, 6) is 0. The number of hydrogen-bond donors (Lipinski definition) is 0. The van der Waals surface area contributed by atoms with Gasteiger partial charge in [-0.3, -0.25) is 0 Å². The van der Waals surface area contributed by atoms with E-state index in [-0.39, 0.29) is 0 Å². The standard InChI is InChI=1S/C12H18S/c1-6-8-11(10(3)4)12(13-5)9-7-2/h6-9H,3H2,1-2,4-5H3/b8-6-,9-7-,12-11-. The molecule has 0 spiro atoms. The monoisotopic (exact) mass is 194 g/mol. The van der Waals surface area contributed by atoms with E-state index in [1.54, 1.807) is 11.8 Å². The van der Waals surface area contributed by atoms with Gasteiger partial charge in [0.25, 0.3) is 0 Å². The molecule has 0 bridgehead atoms. The molecular weight excluding hydrogens is 176 g/mol. The maximum atomic E-state index is 3.97. The van der Waals surface area contributed by atoms with Crippen molar-refractivity contribution in [2.75, 3.05) is 6.26 Å². The normalized spacial score (nSPS) is 13.8. The third-order valence-electron chi connectivity index (χ3n) is 1.60. The number of thioether (sulfide) groups is 1. The first-order valence-electron chi connectivity index (χ1n) is 4.36. The molecule has 0 aromatic carbocycles. The first kappa shape index (κ1) is 12.3. The van der Waals surface area contributed by atoms with Gasteiger partial charge in [0, 0.05) is 4.91 Å². The molecule has 0 aromatic heterocycles. The van der Waals surface area contributed by atoms with Crippen molar-refractivity contribution in [3.63, 3.8) is 0 Å². The minimum Gasteiger partial charge on any atom is -0.129 e. The second-order valence-corrected chi connectivity index (χ2v) is 3.61. The van der Waals surface area contributed by atoms with Crippen molar-refractivity contribution in [1.82, 2.24) is 0 Å². The fourth-order valence-electron chi connectivity index (χ4n) is 1.02. The molecule has 0 N–H and O–H groups in total. The van der Waals surface area contributed by atoms with Crippen LogP contribution in [-0.4, -0.2) is 6.26 Å². The Labute approximate surface area is 86.1 Å². The van der Waals surface area contributed by atoms with Crippen LogP contribution in [0.25, 0.3) is 0 Å². The molecule has 0 aliphatic rings. The van der Waals surface area contributed by atoms with Crippen molar-refractivity contribution in [1.29, 1.82) is 0 Å². The summed E-state index contributed by atoms with van der Waals surface area (Å²) < 4.78 is 0. The van der Waals surface area contributed by atoms with Crippen LogP contribution in [0.3, 0.4) is 0 Å². The van der Waals surface area contributed by atoms with Gasteiger partial charge in [-0.15, -0.1) is 11.8 Å². The molecule has 0 nitrogen and oxygen atoms in total. The van der Waals surface area contributed by atoms with E-state index in [2.05, 4.69) is 31.1 Å². The highest BCUT2D eigenvalue weighted by molar-refractivity contribution is 8.02. The Morgan fingerprint density at radius 1 is 1.15 bits per heavy atom. The van der Waals surface area contributed by atoms with Gasteiger partial charge in [-0.25, -0.2) is 0 Å². The summed E-state index contributed by atoms with van der Waals surface area (Å²) in [6.07, 6.45) is 10.4. The highest BCUT2D eigenvalue weighted by Crippen LogP contribution is 2.24. The third-order valence-corrected chi connectivity index (χ3v) is 2.39. The van der Waals surface area contributed by atoms with E-state index in [1.807, 2.05) is 26.8 Å². The van der Waals surface area contributed by atoms with Gasteiger partial charge < -0.3 is 0 Å². The molecule has 0 aromatic rings. The molecule has 0 heterocycles. The lowest BCUT2D eigenvalue weighted by Gasteiger charge is -2.05. The second kappa shape index (κ2) is 6.79. The number of rotatable bonds is 4. The minimum absolute atomic E-state index is 1.11. The summed E-state index contributed by atoms with van der Waals surface area (Å²) in [6.45, 7) is 10.1. The Morgan fingerprint density at radius 3 is 2.00 bits per heavy atom. The third kappa shape index (κ3) is 4.18. The average Bonchev–Trinajstić information content (AvgIpc) is 2.10. The van der Waals surface area contributed by atoms with E-state index in [0.717, 1.165) is 5.57 Å². The van der Waals surface area contributed by atoms with Gasteiger partial charge in [0.05, 0.1) is 0 Å². The van der Waals surface area contributed by atoms with Gasteiger partial charge in [-0.05, 0) is 38.2 Å². The summed E-state index contributed by atoms with van der Waals surface area (Å²) in [5, 5.41) is 0. The molecule has 0 amide bonds. The lowest BCUT2D eigenvalue weighted by atomic mass is 10.1. The zero-order valence-electron chi connectivity index (χ0n) is 8.92. The summed E-state index contributed by atoms with van der Waals surface area (Å²) in [6, 6.07) is 0. The van der Waals surface area contributed by atoms with Crippen LogP contribution in [0.1, 0.15) is 20.8 Å². The zero-order chi connectivity index (χ0) is 10.3. The van der Waals surface area contributed by atoms with Gasteiger partial charge in [0.15, 0.2) is 0 Å². The van der Waals surface area contributed by atoms with Gasteiger partial charge in [-0.1, -0.05) is 30.9 Å². The van der Waals surface area contributed by atoms with Crippen molar-refractivity contribution in [2.45, 2.75) is 20.8 Å². The molecule has 0 fully saturated rings. The summed E-state index contributed by atoms with van der Waals surface area (Å²) in [5.41, 5.74) is 2.34. The predicted molar refractivity (Wildman–Crippen MR) is 65.0 cm³/mol. The Kier molecular flexibility index (Phi) is 6.43. The quantitative estimate of drug-likeness (QED) is 0.600. The highest BCUT2D eigenvalue weighted by Gasteiger charge is 1.99. The molecule has 13 heavy (non-hydrogen) atoms. The van der Waals surface area contributed by atoms with Crippen LogP contribution in [0.5, 0.6) is 0 Å². The Balaban J connectivity index is 5.12. The van der Waals surface area contributed by atoms with Crippen LogP contribution < -0.4 is 0 Å². The smallest absolute Gasteiger partial charge is 0.0141 e. The Bertz CT molecular complexity index is 254. The molecule has 0 rings (SSSR count). The van der Waals surface area contributed by atoms with Gasteiger partial charge in [0.2, 0.25) is 0 Å². The van der Waals surface area contributed by atoms with E-state index < -0.39 is 0 Å². The summed E-state index contributed by atoms with van der Waals surface area (Å²) in [7, 11) is 0. The van der Waals surface area contributed by atoms with E-state index >= 15 is 0 Å². The minimum atomic E-state index is 1.11. The summed E-state index contributed by atoms with van der Waals surface area (Å²) in [4.78, 5) is 1.27. The number of allylic oxidation sites excluding steroid dienone is 6. The van der Waals surface area contributed by atoms with Crippen molar-refractivity contribution < 1.29 is 0 Å². The van der Waals surface area contributed by atoms with Gasteiger partial charge >= 0.3 is 0 Å². The molecule has 1 heteroatoms. The van der Waals surface area contributed by atoms with Crippen molar-refractivity contribution in [3.8, 4) is 0 Å². The molecular formula is C12H18S. The van der Waals surface area contributed by atoms with Crippen molar-refractivity contribution >= 4 is 11.8 Å². The van der Waals surface area contributed by atoms with E-state index in [1.165, 1.54) is 10.5 Å². The predicted octanol–water partition coefficient (Wildman–Crippen LogP) is 4.33. The van der Waals surface area contributed by atoms with Crippen LogP contribution in [0.4, 0.5) is 0 Å².